The van der Waals surface area contributed by atoms with Crippen LogP contribution < -0.4 is 4.90 Å². The second-order valence-electron chi connectivity index (χ2n) is 5.23. The molecule has 0 unspecified atom stereocenters. The van der Waals surface area contributed by atoms with Gasteiger partial charge in [-0.15, -0.1) is 0 Å². The highest BCUT2D eigenvalue weighted by molar-refractivity contribution is 5.48. The minimum Gasteiger partial charge on any atom is -0.469 e. The zero-order valence-electron chi connectivity index (χ0n) is 11.5. The Hall–Kier alpha value is -2.49. The van der Waals surface area contributed by atoms with E-state index in [0.717, 1.165) is 12.2 Å². The van der Waals surface area contributed by atoms with Gasteiger partial charge in [0.1, 0.15) is 17.6 Å². The number of pyridine rings is 1. The van der Waals surface area contributed by atoms with Crippen molar-refractivity contribution in [3.05, 3.63) is 47.5 Å². The van der Waals surface area contributed by atoms with Crippen molar-refractivity contribution in [1.29, 1.82) is 5.26 Å². The molecule has 0 amide bonds. The summed E-state index contributed by atoms with van der Waals surface area (Å²) < 4.78 is 43.9. The number of nitrogens with zero attached hydrogens (tertiary/aromatic N) is 3. The highest BCUT2D eigenvalue weighted by Gasteiger charge is 2.37. The molecule has 0 N–H and O–H groups in total. The molecule has 0 bridgehead atoms. The van der Waals surface area contributed by atoms with Gasteiger partial charge in [-0.25, -0.2) is 4.98 Å². The van der Waals surface area contributed by atoms with E-state index < -0.39 is 17.4 Å². The maximum absolute atomic E-state index is 12.9. The molecule has 7 heteroatoms. The second kappa shape index (κ2) is 5.37. The van der Waals surface area contributed by atoms with Crippen molar-refractivity contribution in [2.45, 2.75) is 12.6 Å². The van der Waals surface area contributed by atoms with Crippen LogP contribution in [0.4, 0.5) is 19.0 Å². The normalized spacial score (nSPS) is 15.5. The first-order chi connectivity index (χ1) is 10.5. The molecule has 4 nitrogen and oxygen atoms in total. The molecule has 2 aromatic rings. The molecule has 2 aromatic heterocycles. The molecule has 0 radical (unpaired) electrons. The van der Waals surface area contributed by atoms with Gasteiger partial charge in [-0.3, -0.25) is 0 Å². The average molecular weight is 307 g/mol. The number of alkyl halides is 3. The number of anilines is 1. The number of furan rings is 1. The van der Waals surface area contributed by atoms with Crippen LogP contribution in [0.25, 0.3) is 0 Å². The van der Waals surface area contributed by atoms with Crippen LogP contribution in [0.1, 0.15) is 17.0 Å². The van der Waals surface area contributed by atoms with Gasteiger partial charge in [-0.2, -0.15) is 18.4 Å². The summed E-state index contributed by atoms with van der Waals surface area (Å²) in [6, 6.07) is 7.84. The van der Waals surface area contributed by atoms with E-state index in [1.807, 2.05) is 12.1 Å². The summed E-state index contributed by atoms with van der Waals surface area (Å²) in [7, 11) is 0. The van der Waals surface area contributed by atoms with Crippen LogP contribution in [-0.4, -0.2) is 18.1 Å². The molecule has 0 saturated carbocycles. The lowest BCUT2D eigenvalue weighted by Crippen LogP contribution is -2.48. The third kappa shape index (κ3) is 2.77. The van der Waals surface area contributed by atoms with Gasteiger partial charge >= 0.3 is 6.18 Å². The lowest BCUT2D eigenvalue weighted by atomic mass is 9.95. The maximum Gasteiger partial charge on any atom is 0.434 e. The zero-order valence-corrected chi connectivity index (χ0v) is 11.5. The summed E-state index contributed by atoms with van der Waals surface area (Å²) in [5.74, 6) is 1.45. The van der Waals surface area contributed by atoms with Crippen molar-refractivity contribution >= 4 is 5.82 Å². The molecular formula is C15H12F3N3O. The zero-order chi connectivity index (χ0) is 15.7. The van der Waals surface area contributed by atoms with E-state index in [1.165, 1.54) is 18.2 Å². The molecule has 1 aliphatic rings. The van der Waals surface area contributed by atoms with Gasteiger partial charge in [-0.05, 0) is 24.3 Å². The van der Waals surface area contributed by atoms with Crippen LogP contribution in [0, 0.1) is 17.2 Å². The number of halogens is 3. The van der Waals surface area contributed by atoms with Crippen molar-refractivity contribution in [3.8, 4) is 6.07 Å². The molecule has 0 aliphatic carbocycles. The smallest absolute Gasteiger partial charge is 0.434 e. The SMILES string of the molecule is N#Cc1ccc(N2CC(Cc3ccco3)C2)nc1C(F)(F)F. The van der Waals surface area contributed by atoms with E-state index in [4.69, 9.17) is 9.68 Å². The first-order valence-electron chi connectivity index (χ1n) is 6.73. The molecule has 1 aliphatic heterocycles. The third-order valence-electron chi connectivity index (χ3n) is 3.62. The molecule has 22 heavy (non-hydrogen) atoms. The molecule has 0 spiro atoms. The Kier molecular flexibility index (Phi) is 3.53. The highest BCUT2D eigenvalue weighted by Crippen LogP contribution is 2.33. The van der Waals surface area contributed by atoms with Gasteiger partial charge in [0.05, 0.1) is 11.8 Å². The number of rotatable bonds is 3. The van der Waals surface area contributed by atoms with Crippen LogP contribution in [0.5, 0.6) is 0 Å². The Morgan fingerprint density at radius 3 is 2.68 bits per heavy atom. The maximum atomic E-state index is 12.9. The molecular weight excluding hydrogens is 295 g/mol. The quantitative estimate of drug-likeness (QED) is 0.873. The van der Waals surface area contributed by atoms with E-state index >= 15 is 0 Å². The number of aromatic nitrogens is 1. The lowest BCUT2D eigenvalue weighted by molar-refractivity contribution is -0.141. The van der Waals surface area contributed by atoms with E-state index in [9.17, 15) is 13.2 Å². The topological polar surface area (TPSA) is 53.1 Å². The van der Waals surface area contributed by atoms with E-state index in [1.54, 1.807) is 11.2 Å². The van der Waals surface area contributed by atoms with Crippen LogP contribution in [-0.2, 0) is 12.6 Å². The van der Waals surface area contributed by atoms with Crippen LogP contribution >= 0.6 is 0 Å². The fourth-order valence-electron chi connectivity index (χ4n) is 2.53. The first kappa shape index (κ1) is 14.4. The van der Waals surface area contributed by atoms with Crippen LogP contribution in [0.15, 0.2) is 34.9 Å². The Morgan fingerprint density at radius 2 is 2.09 bits per heavy atom. The second-order valence-corrected chi connectivity index (χ2v) is 5.23. The minimum atomic E-state index is -4.63. The van der Waals surface area contributed by atoms with Crippen molar-refractivity contribution in [3.63, 3.8) is 0 Å². The fourth-order valence-corrected chi connectivity index (χ4v) is 2.53. The van der Waals surface area contributed by atoms with Gasteiger partial charge in [0.15, 0.2) is 5.69 Å². The molecule has 1 saturated heterocycles. The molecule has 0 aromatic carbocycles. The Morgan fingerprint density at radius 1 is 1.32 bits per heavy atom. The first-order valence-corrected chi connectivity index (χ1v) is 6.73. The molecule has 3 rings (SSSR count). The van der Waals surface area contributed by atoms with Crippen molar-refractivity contribution in [2.24, 2.45) is 5.92 Å². The molecule has 3 heterocycles. The lowest BCUT2D eigenvalue weighted by Gasteiger charge is -2.40. The van der Waals surface area contributed by atoms with Crippen molar-refractivity contribution in [1.82, 2.24) is 4.98 Å². The van der Waals surface area contributed by atoms with Crippen LogP contribution in [0.2, 0.25) is 0 Å². The van der Waals surface area contributed by atoms with Gasteiger partial charge < -0.3 is 9.32 Å². The summed E-state index contributed by atoms with van der Waals surface area (Å²) >= 11 is 0. The monoisotopic (exact) mass is 307 g/mol. The van der Waals surface area contributed by atoms with E-state index in [-0.39, 0.29) is 5.82 Å². The van der Waals surface area contributed by atoms with Gasteiger partial charge in [0.2, 0.25) is 0 Å². The van der Waals surface area contributed by atoms with Crippen molar-refractivity contribution < 1.29 is 17.6 Å². The van der Waals surface area contributed by atoms with Gasteiger partial charge in [-0.1, -0.05) is 0 Å². The summed E-state index contributed by atoms with van der Waals surface area (Å²) in [4.78, 5) is 5.39. The molecule has 0 atom stereocenters. The third-order valence-corrected chi connectivity index (χ3v) is 3.62. The fraction of sp³-hybridized carbons (Fsp3) is 0.333. The predicted molar refractivity (Wildman–Crippen MR) is 72.1 cm³/mol. The summed E-state index contributed by atoms with van der Waals surface area (Å²) in [6.07, 6.45) is -2.27. The number of nitriles is 1. The Bertz CT molecular complexity index is 698. The molecule has 114 valence electrons. The highest BCUT2D eigenvalue weighted by atomic mass is 19.4. The Labute approximate surface area is 124 Å². The number of hydrogen-bond acceptors (Lipinski definition) is 4. The summed E-state index contributed by atoms with van der Waals surface area (Å²) in [5, 5.41) is 8.75. The predicted octanol–water partition coefficient (Wildman–Crippen LogP) is 3.24. The largest absolute Gasteiger partial charge is 0.469 e. The van der Waals surface area contributed by atoms with E-state index in [2.05, 4.69) is 4.98 Å². The van der Waals surface area contributed by atoms with E-state index in [0.29, 0.717) is 19.0 Å². The summed E-state index contributed by atoms with van der Waals surface area (Å²) in [5.41, 5.74) is -1.58. The minimum absolute atomic E-state index is 0.252. The summed E-state index contributed by atoms with van der Waals surface area (Å²) in [6.45, 7) is 1.24. The van der Waals surface area contributed by atoms with Gasteiger partial charge in [0, 0.05) is 25.4 Å². The van der Waals surface area contributed by atoms with Crippen LogP contribution in [0.3, 0.4) is 0 Å². The van der Waals surface area contributed by atoms with Crippen molar-refractivity contribution in [2.75, 3.05) is 18.0 Å². The average Bonchev–Trinajstić information content (AvgIpc) is 2.94. The Balaban J connectivity index is 1.71. The van der Waals surface area contributed by atoms with Gasteiger partial charge in [0.25, 0.3) is 0 Å². The standard InChI is InChI=1S/C15H12F3N3O/c16-15(17,18)14-11(7-19)3-4-13(20-14)21-8-10(9-21)6-12-2-1-5-22-12/h1-5,10H,6,8-9H2. The number of hydrogen-bond donors (Lipinski definition) is 0. The molecule has 1 fully saturated rings.